The fraction of sp³-hybridized carbons (Fsp3) is 0.250. The molecule has 1 saturated heterocycles. The van der Waals surface area contributed by atoms with E-state index in [0.29, 0.717) is 0 Å². The van der Waals surface area contributed by atoms with E-state index in [1.807, 2.05) is 0 Å². The number of nitrogens with zero attached hydrogens (tertiary/aromatic N) is 1. The largest absolute Gasteiger partial charge is 0.515 e. The van der Waals surface area contributed by atoms with E-state index in [4.69, 9.17) is 0 Å². The molecule has 1 aliphatic rings. The lowest BCUT2D eigenvalue weighted by Crippen LogP contribution is -2.41. The molecule has 138 valence electrons. The van der Waals surface area contributed by atoms with Crippen LogP contribution in [0, 0.1) is 17.5 Å². The van der Waals surface area contributed by atoms with Crippen LogP contribution < -0.4 is 10.4 Å². The molecule has 1 aromatic carbocycles. The topological polar surface area (TPSA) is 34.5 Å². The number of pyridine rings is 1. The molecule has 3 nitrogen and oxygen atoms in total. The molecule has 2 aromatic rings. The minimum atomic E-state index is -5.26. The number of benzene rings is 1. The molecule has 2 heterocycles. The highest BCUT2D eigenvalue weighted by Gasteiger charge is 2.35. The van der Waals surface area contributed by atoms with Crippen molar-refractivity contribution >= 4 is 18.3 Å². The molecule has 0 spiro atoms. The molecule has 1 fully saturated rings. The van der Waals surface area contributed by atoms with Gasteiger partial charge in [0.1, 0.15) is 6.20 Å². The van der Waals surface area contributed by atoms with Crippen LogP contribution in [0.15, 0.2) is 30.6 Å². The highest BCUT2D eigenvalue weighted by Crippen LogP contribution is 2.31. The fourth-order valence-corrected chi connectivity index (χ4v) is 3.09. The van der Waals surface area contributed by atoms with Crippen molar-refractivity contribution in [1.82, 2.24) is 4.90 Å². The molecule has 0 bridgehead atoms. The molecule has 10 heteroatoms. The molecule has 0 aliphatic carbocycles. The van der Waals surface area contributed by atoms with E-state index in [1.54, 1.807) is 0 Å². The molecule has 1 aliphatic heterocycles. The Morgan fingerprint density at radius 2 is 1.81 bits per heavy atom. The molecular formula is C16H13BF6N2O. The lowest BCUT2D eigenvalue weighted by atomic mass is 9.78. The maximum absolute atomic E-state index is 13.4. The minimum absolute atomic E-state index is 0.00769. The van der Waals surface area contributed by atoms with E-state index < -0.39 is 41.7 Å². The summed E-state index contributed by atoms with van der Waals surface area (Å²) >= 11 is 0. The Hall–Kier alpha value is -2.52. The Labute approximate surface area is 144 Å². The van der Waals surface area contributed by atoms with Crippen LogP contribution in [0.2, 0.25) is 0 Å². The Kier molecular flexibility index (Phi) is 4.68. The third kappa shape index (κ3) is 3.54. The fourth-order valence-electron chi connectivity index (χ4n) is 3.09. The summed E-state index contributed by atoms with van der Waals surface area (Å²) in [6, 6.07) is 2.85. The smallest absolute Gasteiger partial charge is 0.445 e. The Morgan fingerprint density at radius 1 is 1.15 bits per heavy atom. The van der Waals surface area contributed by atoms with E-state index in [2.05, 4.69) is 4.98 Å². The Bertz CT molecular complexity index is 834. The van der Waals surface area contributed by atoms with Gasteiger partial charge in [-0.1, -0.05) is 0 Å². The zero-order valence-corrected chi connectivity index (χ0v) is 13.3. The molecule has 1 N–H and O–H groups in total. The second-order valence-corrected chi connectivity index (χ2v) is 6.17. The summed E-state index contributed by atoms with van der Waals surface area (Å²) in [6.45, 7) is -5.54. The quantitative estimate of drug-likeness (QED) is 0.460. The van der Waals surface area contributed by atoms with Crippen molar-refractivity contribution in [3.63, 3.8) is 0 Å². The molecular weight excluding hydrogens is 361 g/mol. The first-order valence-electron chi connectivity index (χ1n) is 7.78. The van der Waals surface area contributed by atoms with Gasteiger partial charge in [0.25, 0.3) is 0 Å². The molecule has 1 amide bonds. The number of amides is 1. The Morgan fingerprint density at radius 3 is 2.42 bits per heavy atom. The highest BCUT2D eigenvalue weighted by molar-refractivity contribution is 6.73. The number of halogens is 6. The van der Waals surface area contributed by atoms with Crippen molar-refractivity contribution in [3.05, 3.63) is 59.2 Å². The van der Waals surface area contributed by atoms with E-state index in [-0.39, 0.29) is 30.6 Å². The van der Waals surface area contributed by atoms with E-state index in [1.165, 1.54) is 17.2 Å². The summed E-state index contributed by atoms with van der Waals surface area (Å²) in [7, 11) is 0. The van der Waals surface area contributed by atoms with Gasteiger partial charge in [0, 0.05) is 31.5 Å². The normalized spacial score (nSPS) is 17.8. The molecule has 1 aromatic heterocycles. The minimum Gasteiger partial charge on any atom is -0.445 e. The van der Waals surface area contributed by atoms with Gasteiger partial charge in [0.2, 0.25) is 5.91 Å². The van der Waals surface area contributed by atoms with Crippen LogP contribution in [0.3, 0.4) is 0 Å². The molecule has 0 unspecified atom stereocenters. The standard InChI is InChI=1S/C16H12BF6N2O/c18-13-3-10(4-14(19)16(13)20)11-5-15(26)25(8-11)7-9-1-2-24-6-12(9)17(21,22)23/h1-4,6,11H,5,7-8H2/q-1/p+1/t11-/m0/s1. The number of hydrogen-bond donors (Lipinski definition) is 0. The summed E-state index contributed by atoms with van der Waals surface area (Å²) in [6.07, 6.45) is 2.04. The van der Waals surface area contributed by atoms with Crippen molar-refractivity contribution in [2.24, 2.45) is 0 Å². The van der Waals surface area contributed by atoms with Crippen LogP contribution in [0.25, 0.3) is 0 Å². The number of likely N-dealkylation sites (tertiary alicyclic amines) is 1. The van der Waals surface area contributed by atoms with Crippen LogP contribution in [-0.4, -0.2) is 24.3 Å². The zero-order valence-electron chi connectivity index (χ0n) is 13.3. The number of aromatic nitrogens is 1. The third-order valence-corrected chi connectivity index (χ3v) is 4.40. The van der Waals surface area contributed by atoms with Crippen molar-refractivity contribution in [2.75, 3.05) is 6.54 Å². The number of aromatic amines is 1. The summed E-state index contributed by atoms with van der Waals surface area (Å²) < 4.78 is 79.1. The maximum atomic E-state index is 13.4. The second-order valence-electron chi connectivity index (χ2n) is 6.17. The molecule has 1 atom stereocenters. The number of hydrogen-bond acceptors (Lipinski definition) is 1. The average Bonchev–Trinajstić information content (AvgIpc) is 2.92. The van der Waals surface area contributed by atoms with Gasteiger partial charge in [0.05, 0.1) is 0 Å². The van der Waals surface area contributed by atoms with Crippen molar-refractivity contribution in [3.8, 4) is 0 Å². The van der Waals surface area contributed by atoms with Gasteiger partial charge in [0.15, 0.2) is 23.6 Å². The van der Waals surface area contributed by atoms with E-state index in [9.17, 15) is 30.9 Å². The van der Waals surface area contributed by atoms with Gasteiger partial charge < -0.3 is 17.8 Å². The SMILES string of the molecule is O=C1C[C@H](c2cc(F)c(F)c(F)c2)CN1Cc1cc[nH+]cc1[B-](F)(F)F. The maximum Gasteiger partial charge on any atom is 0.515 e. The third-order valence-electron chi connectivity index (χ3n) is 4.40. The predicted octanol–water partition coefficient (Wildman–Crippen LogP) is 2.49. The molecule has 0 saturated carbocycles. The molecule has 3 rings (SSSR count). The number of rotatable bonds is 4. The van der Waals surface area contributed by atoms with Gasteiger partial charge in [-0.05, 0) is 28.7 Å². The van der Waals surface area contributed by atoms with Crippen molar-refractivity contribution < 1.29 is 35.9 Å². The van der Waals surface area contributed by atoms with Gasteiger partial charge in [-0.15, -0.1) is 0 Å². The van der Waals surface area contributed by atoms with Crippen molar-refractivity contribution in [2.45, 2.75) is 18.9 Å². The van der Waals surface area contributed by atoms with Gasteiger partial charge >= 0.3 is 6.98 Å². The number of nitrogens with one attached hydrogen (secondary N) is 1. The van der Waals surface area contributed by atoms with Crippen LogP contribution in [0.5, 0.6) is 0 Å². The summed E-state index contributed by atoms with van der Waals surface area (Å²) in [5.74, 6) is -5.40. The Balaban J connectivity index is 1.82. The van der Waals surface area contributed by atoms with Crippen LogP contribution >= 0.6 is 0 Å². The number of H-pyrrole nitrogens is 1. The highest BCUT2D eigenvalue weighted by atomic mass is 19.4. The van der Waals surface area contributed by atoms with Crippen LogP contribution in [-0.2, 0) is 11.3 Å². The van der Waals surface area contributed by atoms with Crippen molar-refractivity contribution in [1.29, 1.82) is 0 Å². The predicted molar refractivity (Wildman–Crippen MR) is 80.8 cm³/mol. The van der Waals surface area contributed by atoms with Crippen LogP contribution in [0.1, 0.15) is 23.5 Å². The summed E-state index contributed by atoms with van der Waals surface area (Å²) in [5.41, 5.74) is -0.803. The van der Waals surface area contributed by atoms with Crippen LogP contribution in [0.4, 0.5) is 26.1 Å². The monoisotopic (exact) mass is 374 g/mol. The zero-order chi connectivity index (χ0) is 19.1. The number of carbonyl (C=O) groups is 1. The van der Waals surface area contributed by atoms with E-state index in [0.717, 1.165) is 18.3 Å². The first-order chi connectivity index (χ1) is 12.2. The molecule has 26 heavy (non-hydrogen) atoms. The number of carbonyl (C=O) groups excluding carboxylic acids is 1. The summed E-state index contributed by atoms with van der Waals surface area (Å²) in [4.78, 5) is 15.7. The lowest BCUT2D eigenvalue weighted by molar-refractivity contribution is -0.377. The molecule has 0 radical (unpaired) electrons. The lowest BCUT2D eigenvalue weighted by Gasteiger charge is -2.22. The first kappa shape index (κ1) is 18.3. The first-order valence-corrected chi connectivity index (χ1v) is 7.78. The average molecular weight is 374 g/mol. The second kappa shape index (κ2) is 6.66. The summed E-state index contributed by atoms with van der Waals surface area (Å²) in [5, 5.41) is 0. The van der Waals surface area contributed by atoms with Gasteiger partial charge in [-0.3, -0.25) is 4.79 Å². The van der Waals surface area contributed by atoms with E-state index >= 15 is 0 Å². The van der Waals surface area contributed by atoms with Gasteiger partial charge in [-0.25, -0.2) is 18.2 Å². The van der Waals surface area contributed by atoms with Gasteiger partial charge in [-0.2, -0.15) is 0 Å².